The van der Waals surface area contributed by atoms with Crippen molar-refractivity contribution in [3.63, 3.8) is 0 Å². The number of hydrogen-bond acceptors (Lipinski definition) is 2. The van der Waals surface area contributed by atoms with Crippen molar-refractivity contribution in [2.24, 2.45) is 0 Å². The van der Waals surface area contributed by atoms with E-state index in [0.29, 0.717) is 12.2 Å². The average molecular weight is 154 g/mol. The second-order valence-corrected chi connectivity index (χ2v) is 2.06. The first-order valence-corrected chi connectivity index (χ1v) is 3.35. The minimum absolute atomic E-state index is 0.00194. The van der Waals surface area contributed by atoms with Gasteiger partial charge in [0.2, 0.25) is 0 Å². The molecule has 1 radical (unpaired) electrons. The normalized spacial score (nSPS) is 9.64. The Bertz CT molecular complexity index is 227. The molecular weight excluding hydrogens is 145 g/mol. The summed E-state index contributed by atoms with van der Waals surface area (Å²) in [4.78, 5) is 0. The van der Waals surface area contributed by atoms with Crippen LogP contribution in [-0.2, 0) is 0 Å². The van der Waals surface area contributed by atoms with Gasteiger partial charge in [-0.1, -0.05) is 6.07 Å². The van der Waals surface area contributed by atoms with Crippen LogP contribution in [0, 0.1) is 11.9 Å². The van der Waals surface area contributed by atoms with E-state index in [-0.39, 0.29) is 12.4 Å². The molecule has 0 aliphatic heterocycles. The van der Waals surface area contributed by atoms with E-state index in [1.165, 1.54) is 6.07 Å². The zero-order valence-electron chi connectivity index (χ0n) is 5.97. The number of nitrogens with one attached hydrogen (secondary N) is 1. The molecule has 59 valence electrons. The summed E-state index contributed by atoms with van der Waals surface area (Å²) < 4.78 is 12.7. The predicted octanol–water partition coefficient (Wildman–Crippen LogP) is 1.03. The minimum atomic E-state index is -0.346. The fourth-order valence-corrected chi connectivity index (χ4v) is 0.744. The standard InChI is InChI=1S/C8H9FNO/c9-7-3-1-2-4-8(7)10-5-6-11/h2-4,10-11H,5-6H2. The van der Waals surface area contributed by atoms with E-state index in [9.17, 15) is 4.39 Å². The van der Waals surface area contributed by atoms with Crippen LogP contribution in [0.3, 0.4) is 0 Å². The summed E-state index contributed by atoms with van der Waals surface area (Å²) in [5.41, 5.74) is 0.401. The Morgan fingerprint density at radius 3 is 3.09 bits per heavy atom. The molecule has 2 N–H and O–H groups in total. The summed E-state index contributed by atoms with van der Waals surface area (Å²) in [6, 6.07) is 7.04. The molecule has 1 aromatic carbocycles. The van der Waals surface area contributed by atoms with E-state index in [4.69, 9.17) is 5.11 Å². The maximum Gasteiger partial charge on any atom is 0.146 e. The highest BCUT2D eigenvalue weighted by atomic mass is 19.1. The van der Waals surface area contributed by atoms with Crippen molar-refractivity contribution in [1.82, 2.24) is 0 Å². The molecule has 1 aromatic rings. The smallest absolute Gasteiger partial charge is 0.146 e. The van der Waals surface area contributed by atoms with Gasteiger partial charge in [0.05, 0.1) is 12.3 Å². The Hall–Kier alpha value is -1.09. The predicted molar refractivity (Wildman–Crippen MR) is 40.8 cm³/mol. The first-order valence-electron chi connectivity index (χ1n) is 3.35. The van der Waals surface area contributed by atoms with Gasteiger partial charge in [0.25, 0.3) is 0 Å². The maximum atomic E-state index is 12.7. The zero-order valence-corrected chi connectivity index (χ0v) is 5.97. The monoisotopic (exact) mass is 154 g/mol. The summed E-state index contributed by atoms with van der Waals surface area (Å²) >= 11 is 0. The molecule has 0 spiro atoms. The van der Waals surface area contributed by atoms with Crippen LogP contribution >= 0.6 is 0 Å². The molecule has 0 aliphatic carbocycles. The van der Waals surface area contributed by atoms with E-state index in [1.54, 1.807) is 12.1 Å². The first kappa shape index (κ1) is 8.01. The lowest BCUT2D eigenvalue weighted by atomic mass is 10.3. The molecule has 3 heteroatoms. The highest BCUT2D eigenvalue weighted by Gasteiger charge is 1.96. The van der Waals surface area contributed by atoms with E-state index in [0.717, 1.165) is 0 Å². The van der Waals surface area contributed by atoms with E-state index in [1.807, 2.05) is 0 Å². The number of aliphatic hydroxyl groups is 1. The lowest BCUT2D eigenvalue weighted by Crippen LogP contribution is -2.06. The van der Waals surface area contributed by atoms with Gasteiger partial charge in [-0.05, 0) is 18.2 Å². The van der Waals surface area contributed by atoms with Crippen LogP contribution in [0.1, 0.15) is 0 Å². The van der Waals surface area contributed by atoms with Crippen molar-refractivity contribution in [1.29, 1.82) is 0 Å². The quantitative estimate of drug-likeness (QED) is 0.681. The van der Waals surface area contributed by atoms with Crippen molar-refractivity contribution in [2.45, 2.75) is 0 Å². The lowest BCUT2D eigenvalue weighted by Gasteiger charge is -2.03. The average Bonchev–Trinajstić information content (AvgIpc) is 2.03. The number of rotatable bonds is 3. The van der Waals surface area contributed by atoms with Crippen LogP contribution in [0.25, 0.3) is 0 Å². The Balaban J connectivity index is 2.62. The van der Waals surface area contributed by atoms with Crippen molar-refractivity contribution in [3.05, 3.63) is 30.1 Å². The molecule has 0 aliphatic rings. The van der Waals surface area contributed by atoms with Gasteiger partial charge in [-0.3, -0.25) is 0 Å². The minimum Gasteiger partial charge on any atom is -0.395 e. The molecule has 1 rings (SSSR count). The van der Waals surface area contributed by atoms with Crippen molar-refractivity contribution >= 4 is 5.69 Å². The van der Waals surface area contributed by atoms with Gasteiger partial charge in [-0.25, -0.2) is 4.39 Å². The Morgan fingerprint density at radius 1 is 1.64 bits per heavy atom. The molecule has 0 saturated heterocycles. The van der Waals surface area contributed by atoms with Gasteiger partial charge in [-0.15, -0.1) is 0 Å². The van der Waals surface area contributed by atoms with Crippen LogP contribution in [0.4, 0.5) is 10.1 Å². The molecule has 0 amide bonds. The van der Waals surface area contributed by atoms with Crippen LogP contribution in [0.5, 0.6) is 0 Å². The van der Waals surface area contributed by atoms with Crippen LogP contribution in [0.15, 0.2) is 18.2 Å². The molecule has 0 bridgehead atoms. The molecule has 0 fully saturated rings. The Kier molecular flexibility index (Phi) is 2.86. The summed E-state index contributed by atoms with van der Waals surface area (Å²) in [7, 11) is 0. The maximum absolute atomic E-state index is 12.7. The summed E-state index contributed by atoms with van der Waals surface area (Å²) in [6.45, 7) is 0.360. The molecule has 0 saturated carbocycles. The van der Waals surface area contributed by atoms with E-state index >= 15 is 0 Å². The van der Waals surface area contributed by atoms with Crippen molar-refractivity contribution < 1.29 is 9.50 Å². The van der Waals surface area contributed by atoms with Crippen molar-refractivity contribution in [3.8, 4) is 0 Å². The molecule has 0 atom stereocenters. The number of aliphatic hydroxyl groups excluding tert-OH is 1. The third-order valence-electron chi connectivity index (χ3n) is 1.24. The topological polar surface area (TPSA) is 32.3 Å². The Morgan fingerprint density at radius 2 is 2.45 bits per heavy atom. The summed E-state index contributed by atoms with van der Waals surface area (Å²) in [5, 5.41) is 11.1. The number of hydrogen-bond donors (Lipinski definition) is 2. The lowest BCUT2D eigenvalue weighted by molar-refractivity contribution is 0.311. The Labute approximate surface area is 64.7 Å². The molecule has 11 heavy (non-hydrogen) atoms. The van der Waals surface area contributed by atoms with Crippen molar-refractivity contribution in [2.75, 3.05) is 18.5 Å². The van der Waals surface area contributed by atoms with Gasteiger partial charge < -0.3 is 10.4 Å². The first-order chi connectivity index (χ1) is 5.34. The van der Waals surface area contributed by atoms with Gasteiger partial charge in [0, 0.05) is 6.54 Å². The molecule has 0 aromatic heterocycles. The highest BCUT2D eigenvalue weighted by molar-refractivity contribution is 5.43. The molecule has 0 unspecified atom stereocenters. The second kappa shape index (κ2) is 3.93. The molecule has 2 nitrogen and oxygen atoms in total. The van der Waals surface area contributed by atoms with Crippen LogP contribution in [0.2, 0.25) is 0 Å². The number of anilines is 1. The van der Waals surface area contributed by atoms with E-state index in [2.05, 4.69) is 11.4 Å². The second-order valence-electron chi connectivity index (χ2n) is 2.06. The number of halogens is 1. The van der Waals surface area contributed by atoms with Gasteiger partial charge in [0.15, 0.2) is 0 Å². The SMILES string of the molecule is OCCNc1cc[c]cc1F. The fraction of sp³-hybridized carbons (Fsp3) is 0.250. The molecule has 0 heterocycles. The third kappa shape index (κ3) is 2.20. The largest absolute Gasteiger partial charge is 0.395 e. The highest BCUT2D eigenvalue weighted by Crippen LogP contribution is 2.10. The van der Waals surface area contributed by atoms with Gasteiger partial charge >= 0.3 is 0 Å². The van der Waals surface area contributed by atoms with E-state index < -0.39 is 0 Å². The van der Waals surface area contributed by atoms with Gasteiger partial charge in [-0.2, -0.15) is 0 Å². The third-order valence-corrected chi connectivity index (χ3v) is 1.24. The summed E-state index contributed by atoms with van der Waals surface area (Å²) in [5.74, 6) is -0.346. The van der Waals surface area contributed by atoms with Crippen LogP contribution in [-0.4, -0.2) is 18.3 Å². The van der Waals surface area contributed by atoms with Gasteiger partial charge in [0.1, 0.15) is 5.82 Å². The summed E-state index contributed by atoms with van der Waals surface area (Å²) in [6.07, 6.45) is 0. The molecular formula is C8H9FNO. The fourth-order valence-electron chi connectivity index (χ4n) is 0.744. The number of benzene rings is 1. The zero-order chi connectivity index (χ0) is 8.10. The van der Waals surface area contributed by atoms with Crippen LogP contribution < -0.4 is 5.32 Å².